The summed E-state index contributed by atoms with van der Waals surface area (Å²) in [5.41, 5.74) is 2.79. The Morgan fingerprint density at radius 2 is 1.88 bits per heavy atom. The van der Waals surface area contributed by atoms with Gasteiger partial charge < -0.3 is 4.74 Å². The summed E-state index contributed by atoms with van der Waals surface area (Å²) in [5, 5.41) is 0. The van der Waals surface area contributed by atoms with E-state index in [1.807, 2.05) is 13.8 Å². The summed E-state index contributed by atoms with van der Waals surface area (Å²) in [6.07, 6.45) is 2.58. The fourth-order valence-electron chi connectivity index (χ4n) is 2.34. The summed E-state index contributed by atoms with van der Waals surface area (Å²) in [6, 6.07) is 8.44. The van der Waals surface area contributed by atoms with Gasteiger partial charge in [0.15, 0.2) is 0 Å². The lowest BCUT2D eigenvalue weighted by Gasteiger charge is -2.11. The zero-order valence-electron chi connectivity index (χ0n) is 9.90. The molecule has 0 amide bonds. The number of carbonyl (C=O) groups excluding carboxylic acids is 1. The van der Waals surface area contributed by atoms with Crippen molar-refractivity contribution < 1.29 is 9.53 Å². The van der Waals surface area contributed by atoms with Crippen LogP contribution in [0, 0.1) is 5.92 Å². The Kier molecular flexibility index (Phi) is 3.28. The van der Waals surface area contributed by atoms with Crippen molar-refractivity contribution in [3.8, 4) is 0 Å². The minimum Gasteiger partial charge on any atom is -0.463 e. The molecule has 1 aromatic rings. The van der Waals surface area contributed by atoms with Crippen LogP contribution in [0.25, 0.3) is 0 Å². The molecule has 0 spiro atoms. The van der Waals surface area contributed by atoms with E-state index in [0.29, 0.717) is 12.3 Å². The maximum absolute atomic E-state index is 11.5. The summed E-state index contributed by atoms with van der Waals surface area (Å²) in [4.78, 5) is 11.5. The summed E-state index contributed by atoms with van der Waals surface area (Å²) in [6.45, 7) is 3.78. The second kappa shape index (κ2) is 4.69. The standard InChI is InChI=1S/C14H18O2/c1-10(2)16-14(15)9-11-7-12-5-3-4-6-13(12)8-11/h3-6,10-11H,7-9H2,1-2H3. The largest absolute Gasteiger partial charge is 0.463 e. The van der Waals surface area contributed by atoms with E-state index in [0.717, 1.165) is 12.8 Å². The van der Waals surface area contributed by atoms with E-state index in [2.05, 4.69) is 24.3 Å². The van der Waals surface area contributed by atoms with E-state index < -0.39 is 0 Å². The van der Waals surface area contributed by atoms with Crippen molar-refractivity contribution in [2.45, 2.75) is 39.2 Å². The molecule has 2 heteroatoms. The maximum Gasteiger partial charge on any atom is 0.306 e. The molecule has 2 rings (SSSR count). The third-order valence-corrected chi connectivity index (χ3v) is 2.96. The molecule has 0 heterocycles. The Labute approximate surface area is 96.6 Å². The molecule has 0 fully saturated rings. The lowest BCUT2D eigenvalue weighted by molar-refractivity contribution is -0.148. The Morgan fingerprint density at radius 3 is 2.38 bits per heavy atom. The molecule has 0 radical (unpaired) electrons. The number of carbonyl (C=O) groups is 1. The number of ether oxygens (including phenoxy) is 1. The molecule has 0 unspecified atom stereocenters. The van der Waals surface area contributed by atoms with Crippen molar-refractivity contribution in [3.63, 3.8) is 0 Å². The first-order chi connectivity index (χ1) is 7.65. The van der Waals surface area contributed by atoms with Gasteiger partial charge in [-0.2, -0.15) is 0 Å². The average Bonchev–Trinajstić information content (AvgIpc) is 2.57. The van der Waals surface area contributed by atoms with Gasteiger partial charge in [0.05, 0.1) is 6.10 Å². The van der Waals surface area contributed by atoms with Crippen LogP contribution in [0.1, 0.15) is 31.4 Å². The molecule has 16 heavy (non-hydrogen) atoms. The van der Waals surface area contributed by atoms with Crippen LogP contribution < -0.4 is 0 Å². The molecule has 0 saturated carbocycles. The van der Waals surface area contributed by atoms with Crippen molar-refractivity contribution in [3.05, 3.63) is 35.4 Å². The number of fused-ring (bicyclic) bond motifs is 1. The summed E-state index contributed by atoms with van der Waals surface area (Å²) in [5.74, 6) is 0.372. The van der Waals surface area contributed by atoms with Gasteiger partial charge in [0.2, 0.25) is 0 Å². The number of hydrogen-bond acceptors (Lipinski definition) is 2. The number of esters is 1. The van der Waals surface area contributed by atoms with E-state index in [1.54, 1.807) is 0 Å². The van der Waals surface area contributed by atoms with Crippen LogP contribution in [0.2, 0.25) is 0 Å². The minimum absolute atomic E-state index is 0.00345. The minimum atomic E-state index is -0.0622. The molecule has 0 bridgehead atoms. The molecule has 0 atom stereocenters. The molecule has 0 N–H and O–H groups in total. The molecule has 2 nitrogen and oxygen atoms in total. The highest BCUT2D eigenvalue weighted by Crippen LogP contribution is 2.28. The van der Waals surface area contributed by atoms with E-state index in [-0.39, 0.29) is 12.1 Å². The van der Waals surface area contributed by atoms with Gasteiger partial charge in [0, 0.05) is 6.42 Å². The van der Waals surface area contributed by atoms with Crippen LogP contribution in [0.15, 0.2) is 24.3 Å². The van der Waals surface area contributed by atoms with Crippen molar-refractivity contribution in [2.24, 2.45) is 5.92 Å². The van der Waals surface area contributed by atoms with E-state index in [4.69, 9.17) is 4.74 Å². The third-order valence-electron chi connectivity index (χ3n) is 2.96. The monoisotopic (exact) mass is 218 g/mol. The molecule has 1 aliphatic rings. The second-order valence-corrected chi connectivity index (χ2v) is 4.79. The molecule has 86 valence electrons. The molecule has 0 aromatic heterocycles. The topological polar surface area (TPSA) is 26.3 Å². The van der Waals surface area contributed by atoms with Gasteiger partial charge in [0.25, 0.3) is 0 Å². The van der Waals surface area contributed by atoms with E-state index in [9.17, 15) is 4.79 Å². The maximum atomic E-state index is 11.5. The molecular weight excluding hydrogens is 200 g/mol. The van der Waals surface area contributed by atoms with E-state index in [1.165, 1.54) is 11.1 Å². The Balaban J connectivity index is 1.90. The van der Waals surface area contributed by atoms with Crippen LogP contribution in [0.5, 0.6) is 0 Å². The first-order valence-corrected chi connectivity index (χ1v) is 5.91. The zero-order valence-corrected chi connectivity index (χ0v) is 9.90. The fourth-order valence-corrected chi connectivity index (χ4v) is 2.34. The molecule has 0 saturated heterocycles. The summed E-state index contributed by atoms with van der Waals surface area (Å²) >= 11 is 0. The highest BCUT2D eigenvalue weighted by Gasteiger charge is 2.23. The predicted octanol–water partition coefficient (Wildman–Crippen LogP) is 2.74. The highest BCUT2D eigenvalue weighted by atomic mass is 16.5. The van der Waals surface area contributed by atoms with Crippen molar-refractivity contribution in [2.75, 3.05) is 0 Å². The molecular formula is C14H18O2. The van der Waals surface area contributed by atoms with Gasteiger partial charge in [-0.25, -0.2) is 0 Å². The normalized spacial score (nSPS) is 15.2. The predicted molar refractivity (Wildman–Crippen MR) is 63.2 cm³/mol. The molecule has 1 aromatic carbocycles. The first-order valence-electron chi connectivity index (χ1n) is 5.91. The van der Waals surface area contributed by atoms with Gasteiger partial charge in [-0.1, -0.05) is 24.3 Å². The molecule has 0 aliphatic heterocycles. The second-order valence-electron chi connectivity index (χ2n) is 4.79. The molecule has 1 aliphatic carbocycles. The van der Waals surface area contributed by atoms with Gasteiger partial charge in [-0.15, -0.1) is 0 Å². The highest BCUT2D eigenvalue weighted by molar-refractivity contribution is 5.70. The van der Waals surface area contributed by atoms with Crippen molar-refractivity contribution in [1.82, 2.24) is 0 Å². The van der Waals surface area contributed by atoms with E-state index >= 15 is 0 Å². The Morgan fingerprint density at radius 1 is 1.31 bits per heavy atom. The lowest BCUT2D eigenvalue weighted by atomic mass is 10.0. The first kappa shape index (κ1) is 11.2. The smallest absolute Gasteiger partial charge is 0.306 e. The van der Waals surface area contributed by atoms with Crippen molar-refractivity contribution in [1.29, 1.82) is 0 Å². The number of benzene rings is 1. The van der Waals surface area contributed by atoms with Gasteiger partial charge in [-0.05, 0) is 43.7 Å². The summed E-state index contributed by atoms with van der Waals surface area (Å²) < 4.78 is 5.17. The number of rotatable bonds is 3. The quantitative estimate of drug-likeness (QED) is 0.729. The van der Waals surface area contributed by atoms with Crippen LogP contribution in [-0.4, -0.2) is 12.1 Å². The van der Waals surface area contributed by atoms with Gasteiger partial charge in [-0.3, -0.25) is 4.79 Å². The zero-order chi connectivity index (χ0) is 11.5. The SMILES string of the molecule is CC(C)OC(=O)CC1Cc2ccccc2C1. The van der Waals surface area contributed by atoms with Crippen LogP contribution >= 0.6 is 0 Å². The van der Waals surface area contributed by atoms with Crippen LogP contribution in [0.3, 0.4) is 0 Å². The lowest BCUT2D eigenvalue weighted by Crippen LogP contribution is -2.15. The fraction of sp³-hybridized carbons (Fsp3) is 0.500. The average molecular weight is 218 g/mol. The Hall–Kier alpha value is -1.31. The van der Waals surface area contributed by atoms with Crippen molar-refractivity contribution >= 4 is 5.97 Å². The third kappa shape index (κ3) is 2.63. The number of hydrogen-bond donors (Lipinski definition) is 0. The van der Waals surface area contributed by atoms with Gasteiger partial charge >= 0.3 is 5.97 Å². The van der Waals surface area contributed by atoms with Gasteiger partial charge in [0.1, 0.15) is 0 Å². The van der Waals surface area contributed by atoms with Crippen LogP contribution in [0.4, 0.5) is 0 Å². The Bertz CT molecular complexity index is 357. The summed E-state index contributed by atoms with van der Waals surface area (Å²) in [7, 11) is 0. The van der Waals surface area contributed by atoms with Crippen LogP contribution in [-0.2, 0) is 22.4 Å².